The highest BCUT2D eigenvalue weighted by Gasteiger charge is 2.28. The Labute approximate surface area is 104 Å². The van der Waals surface area contributed by atoms with Crippen LogP contribution in [-0.4, -0.2) is 44.0 Å². The van der Waals surface area contributed by atoms with Gasteiger partial charge in [0.1, 0.15) is 5.54 Å². The number of hydrogen-bond donors (Lipinski definition) is 1. The molecule has 17 heavy (non-hydrogen) atoms. The lowest BCUT2D eigenvalue weighted by molar-refractivity contribution is -0.147. The fourth-order valence-electron chi connectivity index (χ4n) is 1.13. The maximum Gasteiger partial charge on any atom is 0.325 e. The zero-order valence-corrected chi connectivity index (χ0v) is 11.5. The maximum absolute atomic E-state index is 11.3. The molecule has 0 aromatic carbocycles. The zero-order valence-electron chi connectivity index (χ0n) is 11.5. The van der Waals surface area contributed by atoms with E-state index in [2.05, 4.69) is 4.74 Å². The minimum Gasteiger partial charge on any atom is -0.468 e. The predicted molar refractivity (Wildman–Crippen MR) is 65.7 cm³/mol. The lowest BCUT2D eigenvalue weighted by atomic mass is 10.0. The molecule has 0 amide bonds. The minimum atomic E-state index is -0.986. The molecule has 0 fully saturated rings. The van der Waals surface area contributed by atoms with Gasteiger partial charge in [-0.2, -0.15) is 0 Å². The number of ether oxygens (including phenoxy) is 3. The Morgan fingerprint density at radius 2 is 1.71 bits per heavy atom. The van der Waals surface area contributed by atoms with Crippen LogP contribution in [0.15, 0.2) is 0 Å². The molecule has 0 saturated carbocycles. The predicted octanol–water partition coefficient (Wildman–Crippen LogP) is 1.10. The quantitative estimate of drug-likeness (QED) is 0.539. The number of nitrogens with two attached hydrogens (primary N) is 1. The van der Waals surface area contributed by atoms with Crippen LogP contribution in [0.4, 0.5) is 0 Å². The molecule has 0 bridgehead atoms. The van der Waals surface area contributed by atoms with Crippen molar-refractivity contribution in [2.75, 3.05) is 26.9 Å². The molecule has 0 aliphatic heterocycles. The van der Waals surface area contributed by atoms with Crippen molar-refractivity contribution in [2.45, 2.75) is 45.3 Å². The van der Waals surface area contributed by atoms with Crippen LogP contribution in [0.3, 0.4) is 0 Å². The van der Waals surface area contributed by atoms with Crippen molar-refractivity contribution in [1.82, 2.24) is 0 Å². The standard InChI is InChI=1S/C12H25NO4/c1-11(2,3)17-9-8-16-7-6-12(4,13)10(14)15-5/h6-9,13H2,1-5H3. The summed E-state index contributed by atoms with van der Waals surface area (Å²) in [4.78, 5) is 11.3. The van der Waals surface area contributed by atoms with Crippen LogP contribution < -0.4 is 5.73 Å². The van der Waals surface area contributed by atoms with Crippen molar-refractivity contribution < 1.29 is 19.0 Å². The second kappa shape index (κ2) is 6.93. The summed E-state index contributed by atoms with van der Waals surface area (Å²) < 4.78 is 15.4. The van der Waals surface area contributed by atoms with E-state index < -0.39 is 11.5 Å². The number of methoxy groups -OCH3 is 1. The first-order valence-corrected chi connectivity index (χ1v) is 5.78. The average molecular weight is 247 g/mol. The summed E-state index contributed by atoms with van der Waals surface area (Å²) in [6.45, 7) is 9.03. The van der Waals surface area contributed by atoms with Crippen LogP contribution >= 0.6 is 0 Å². The molecule has 0 spiro atoms. The first-order chi connectivity index (χ1) is 7.69. The van der Waals surface area contributed by atoms with Gasteiger partial charge in [-0.3, -0.25) is 4.79 Å². The highest BCUT2D eigenvalue weighted by molar-refractivity contribution is 5.79. The number of rotatable bonds is 7. The molecular weight excluding hydrogens is 222 g/mol. The Kier molecular flexibility index (Phi) is 6.67. The van der Waals surface area contributed by atoms with Gasteiger partial charge in [-0.15, -0.1) is 0 Å². The number of carbonyl (C=O) groups is 1. The molecule has 5 nitrogen and oxygen atoms in total. The minimum absolute atomic E-state index is 0.155. The second-order valence-electron chi connectivity index (χ2n) is 5.23. The summed E-state index contributed by atoms with van der Waals surface area (Å²) >= 11 is 0. The topological polar surface area (TPSA) is 70.8 Å². The van der Waals surface area contributed by atoms with E-state index in [0.29, 0.717) is 26.2 Å². The third-order valence-electron chi connectivity index (χ3n) is 2.18. The van der Waals surface area contributed by atoms with Gasteiger partial charge >= 0.3 is 5.97 Å². The molecule has 0 aliphatic rings. The number of esters is 1. The zero-order chi connectivity index (χ0) is 13.5. The van der Waals surface area contributed by atoms with E-state index in [1.165, 1.54) is 7.11 Å². The normalized spacial score (nSPS) is 15.4. The monoisotopic (exact) mass is 247 g/mol. The van der Waals surface area contributed by atoms with Crippen LogP contribution in [-0.2, 0) is 19.0 Å². The summed E-state index contributed by atoms with van der Waals surface area (Å²) in [7, 11) is 1.32. The smallest absolute Gasteiger partial charge is 0.325 e. The van der Waals surface area contributed by atoms with E-state index in [4.69, 9.17) is 15.2 Å². The van der Waals surface area contributed by atoms with E-state index >= 15 is 0 Å². The van der Waals surface area contributed by atoms with Crippen LogP contribution in [0.25, 0.3) is 0 Å². The van der Waals surface area contributed by atoms with Crippen molar-refractivity contribution in [1.29, 1.82) is 0 Å². The summed E-state index contributed by atoms with van der Waals surface area (Å²) in [5.74, 6) is -0.424. The molecule has 0 radical (unpaired) electrons. The third-order valence-corrected chi connectivity index (χ3v) is 2.18. The molecular formula is C12H25NO4. The molecule has 5 heteroatoms. The molecule has 0 aromatic heterocycles. The molecule has 2 N–H and O–H groups in total. The van der Waals surface area contributed by atoms with Crippen molar-refractivity contribution in [3.05, 3.63) is 0 Å². The lowest BCUT2D eigenvalue weighted by Gasteiger charge is -2.22. The summed E-state index contributed by atoms with van der Waals surface area (Å²) in [5.41, 5.74) is 4.63. The summed E-state index contributed by atoms with van der Waals surface area (Å²) in [5, 5.41) is 0. The van der Waals surface area contributed by atoms with E-state index in [1.54, 1.807) is 6.92 Å². The Balaban J connectivity index is 3.62. The molecule has 102 valence electrons. The molecule has 0 saturated heterocycles. The van der Waals surface area contributed by atoms with Crippen molar-refractivity contribution in [3.63, 3.8) is 0 Å². The van der Waals surface area contributed by atoms with Crippen molar-refractivity contribution in [2.24, 2.45) is 5.73 Å². The molecule has 1 unspecified atom stereocenters. The van der Waals surface area contributed by atoms with Gasteiger partial charge in [0.25, 0.3) is 0 Å². The van der Waals surface area contributed by atoms with Gasteiger partial charge in [-0.25, -0.2) is 0 Å². The van der Waals surface area contributed by atoms with Gasteiger partial charge in [0.05, 0.1) is 25.9 Å². The first kappa shape index (κ1) is 16.4. The van der Waals surface area contributed by atoms with E-state index in [9.17, 15) is 4.79 Å². The van der Waals surface area contributed by atoms with Gasteiger partial charge in [0, 0.05) is 6.61 Å². The first-order valence-electron chi connectivity index (χ1n) is 5.78. The molecule has 0 aliphatic carbocycles. The Morgan fingerprint density at radius 1 is 1.12 bits per heavy atom. The van der Waals surface area contributed by atoms with Gasteiger partial charge in [-0.1, -0.05) is 0 Å². The van der Waals surface area contributed by atoms with Gasteiger partial charge < -0.3 is 19.9 Å². The fourth-order valence-corrected chi connectivity index (χ4v) is 1.13. The average Bonchev–Trinajstić information content (AvgIpc) is 2.20. The maximum atomic E-state index is 11.3. The SMILES string of the molecule is COC(=O)C(C)(N)CCOCCOC(C)(C)C. The van der Waals surface area contributed by atoms with E-state index in [0.717, 1.165) is 0 Å². The number of carbonyl (C=O) groups excluding carboxylic acids is 1. The van der Waals surface area contributed by atoms with Crippen molar-refractivity contribution >= 4 is 5.97 Å². The number of hydrogen-bond acceptors (Lipinski definition) is 5. The molecule has 0 heterocycles. The third kappa shape index (κ3) is 8.12. The molecule has 0 aromatic rings. The Hall–Kier alpha value is -0.650. The highest BCUT2D eigenvalue weighted by Crippen LogP contribution is 2.08. The van der Waals surface area contributed by atoms with Crippen LogP contribution in [0.1, 0.15) is 34.1 Å². The lowest BCUT2D eigenvalue weighted by Crippen LogP contribution is -2.46. The van der Waals surface area contributed by atoms with Crippen LogP contribution in [0.5, 0.6) is 0 Å². The summed E-state index contributed by atoms with van der Waals surface area (Å²) in [6.07, 6.45) is 0.426. The Bertz CT molecular complexity index is 233. The molecule has 0 rings (SSSR count). The highest BCUT2D eigenvalue weighted by atomic mass is 16.5. The van der Waals surface area contributed by atoms with E-state index in [1.807, 2.05) is 20.8 Å². The van der Waals surface area contributed by atoms with Crippen molar-refractivity contribution in [3.8, 4) is 0 Å². The van der Waals surface area contributed by atoms with Crippen LogP contribution in [0.2, 0.25) is 0 Å². The largest absolute Gasteiger partial charge is 0.468 e. The van der Waals surface area contributed by atoms with E-state index in [-0.39, 0.29) is 5.60 Å². The van der Waals surface area contributed by atoms with Gasteiger partial charge in [-0.05, 0) is 34.1 Å². The second-order valence-corrected chi connectivity index (χ2v) is 5.23. The molecule has 1 atom stereocenters. The summed E-state index contributed by atoms with van der Waals surface area (Å²) in [6, 6.07) is 0. The van der Waals surface area contributed by atoms with Gasteiger partial charge in [0.2, 0.25) is 0 Å². The fraction of sp³-hybridized carbons (Fsp3) is 0.917. The van der Waals surface area contributed by atoms with Crippen LogP contribution in [0, 0.1) is 0 Å². The van der Waals surface area contributed by atoms with Gasteiger partial charge in [0.15, 0.2) is 0 Å². The Morgan fingerprint density at radius 3 is 2.18 bits per heavy atom.